The van der Waals surface area contributed by atoms with Gasteiger partial charge >= 0.3 is 0 Å². The molecule has 1 saturated heterocycles. The number of halogens is 1. The van der Waals surface area contributed by atoms with E-state index in [1.54, 1.807) is 24.1 Å². The Morgan fingerprint density at radius 3 is 2.53 bits per heavy atom. The van der Waals surface area contributed by atoms with Gasteiger partial charge in [0.1, 0.15) is 12.4 Å². The van der Waals surface area contributed by atoms with Gasteiger partial charge in [0, 0.05) is 12.1 Å². The number of ether oxygens (including phenoxy) is 2. The third-order valence-electron chi connectivity index (χ3n) is 5.52. The number of amides is 1. The predicted molar refractivity (Wildman–Crippen MR) is 144 cm³/mol. The van der Waals surface area contributed by atoms with E-state index in [4.69, 9.17) is 9.47 Å². The summed E-state index contributed by atoms with van der Waals surface area (Å²) < 4.78 is 25.1. The highest BCUT2D eigenvalue weighted by Crippen LogP contribution is 2.38. The monoisotopic (exact) mass is 502 g/mol. The van der Waals surface area contributed by atoms with Crippen LogP contribution in [0.15, 0.2) is 89.3 Å². The maximum atomic E-state index is 13.3. The van der Waals surface area contributed by atoms with Crippen LogP contribution in [0.5, 0.6) is 11.5 Å². The second kappa shape index (κ2) is 11.7. The number of aliphatic imine (C=N–C) groups is 1. The van der Waals surface area contributed by atoms with Crippen LogP contribution in [0.2, 0.25) is 0 Å². The highest BCUT2D eigenvalue weighted by Gasteiger charge is 2.32. The van der Waals surface area contributed by atoms with Gasteiger partial charge in [-0.15, -0.1) is 6.58 Å². The van der Waals surface area contributed by atoms with Crippen molar-refractivity contribution in [1.29, 1.82) is 0 Å². The summed E-state index contributed by atoms with van der Waals surface area (Å²) in [5, 5.41) is 0.557. The third kappa shape index (κ3) is 5.86. The lowest BCUT2D eigenvalue weighted by Crippen LogP contribution is -2.28. The molecule has 1 amide bonds. The Balaban J connectivity index is 1.65. The van der Waals surface area contributed by atoms with Crippen molar-refractivity contribution in [3.05, 3.63) is 107 Å². The zero-order chi connectivity index (χ0) is 25.5. The average Bonchev–Trinajstić information content (AvgIpc) is 3.18. The first-order valence-corrected chi connectivity index (χ1v) is 12.4. The fraction of sp³-hybridized carbons (Fsp3) is 0.172. The van der Waals surface area contributed by atoms with E-state index in [1.165, 1.54) is 23.9 Å². The van der Waals surface area contributed by atoms with E-state index in [2.05, 4.69) is 11.6 Å². The normalized spacial score (nSPS) is 15.5. The smallest absolute Gasteiger partial charge is 0.266 e. The van der Waals surface area contributed by atoms with E-state index >= 15 is 0 Å². The van der Waals surface area contributed by atoms with Crippen molar-refractivity contribution in [2.75, 3.05) is 13.7 Å². The molecule has 0 radical (unpaired) electrons. The number of carbonyl (C=O) groups excluding carboxylic acids is 1. The number of likely N-dealkylation sites (N-methyl/N-ethyl adjacent to an activating group) is 1. The Morgan fingerprint density at radius 1 is 1.11 bits per heavy atom. The van der Waals surface area contributed by atoms with E-state index < -0.39 is 0 Å². The van der Waals surface area contributed by atoms with Gasteiger partial charge in [-0.05, 0) is 78.7 Å². The number of thioether (sulfide) groups is 1. The van der Waals surface area contributed by atoms with Gasteiger partial charge in [0.2, 0.25) is 0 Å². The second-order valence-electron chi connectivity index (χ2n) is 8.01. The summed E-state index contributed by atoms with van der Waals surface area (Å²) in [6.07, 6.45) is 4.22. The molecule has 5 nitrogen and oxygen atoms in total. The number of methoxy groups -OCH3 is 1. The molecular weight excluding hydrogens is 475 g/mol. The molecular formula is C29H27FN2O3S. The summed E-state index contributed by atoms with van der Waals surface area (Å²) >= 11 is 1.29. The van der Waals surface area contributed by atoms with Crippen LogP contribution in [0.25, 0.3) is 6.08 Å². The molecule has 36 heavy (non-hydrogen) atoms. The SMILES string of the molecule is C=CCc1cc(/C=C2/SC(=Nc3ccc(F)cc3)N(CC)C2=O)cc(OC)c1OCc1ccccc1. The van der Waals surface area contributed by atoms with Gasteiger partial charge in [-0.2, -0.15) is 0 Å². The van der Waals surface area contributed by atoms with Gasteiger partial charge in [-0.25, -0.2) is 9.38 Å². The number of benzene rings is 3. The van der Waals surface area contributed by atoms with Crippen molar-refractivity contribution in [2.45, 2.75) is 20.0 Å². The van der Waals surface area contributed by atoms with Crippen LogP contribution < -0.4 is 9.47 Å². The number of nitrogens with zero attached hydrogens (tertiary/aromatic N) is 2. The molecule has 1 aliphatic rings. The molecule has 1 fully saturated rings. The van der Waals surface area contributed by atoms with Gasteiger partial charge in [0.05, 0.1) is 17.7 Å². The summed E-state index contributed by atoms with van der Waals surface area (Å²) in [7, 11) is 1.60. The van der Waals surface area contributed by atoms with Crippen LogP contribution in [0.4, 0.5) is 10.1 Å². The van der Waals surface area contributed by atoms with E-state index in [-0.39, 0.29) is 11.7 Å². The molecule has 3 aromatic rings. The highest BCUT2D eigenvalue weighted by atomic mass is 32.2. The zero-order valence-electron chi connectivity index (χ0n) is 20.2. The van der Waals surface area contributed by atoms with Crippen molar-refractivity contribution in [1.82, 2.24) is 4.90 Å². The van der Waals surface area contributed by atoms with E-state index in [1.807, 2.05) is 61.5 Å². The van der Waals surface area contributed by atoms with Crippen LogP contribution >= 0.6 is 11.8 Å². The number of carbonyl (C=O) groups is 1. The lowest BCUT2D eigenvalue weighted by atomic mass is 10.0. The molecule has 3 aromatic carbocycles. The van der Waals surface area contributed by atoms with Gasteiger partial charge in [-0.1, -0.05) is 36.4 Å². The third-order valence-corrected chi connectivity index (χ3v) is 6.52. The maximum Gasteiger partial charge on any atom is 0.266 e. The predicted octanol–water partition coefficient (Wildman–Crippen LogP) is 6.77. The highest BCUT2D eigenvalue weighted by molar-refractivity contribution is 8.18. The Morgan fingerprint density at radius 2 is 1.86 bits per heavy atom. The first-order valence-electron chi connectivity index (χ1n) is 11.6. The molecule has 0 N–H and O–H groups in total. The molecule has 7 heteroatoms. The minimum Gasteiger partial charge on any atom is -0.493 e. The standard InChI is InChI=1S/C29H27FN2O3S/c1-4-9-22-16-21(17-25(34-3)27(22)35-19-20-10-7-6-8-11-20)18-26-28(33)32(5-2)29(36-26)31-24-14-12-23(30)13-15-24/h4,6-8,10-18H,1,5,9,19H2,2-3H3/b26-18+,31-29?. The number of hydrogen-bond acceptors (Lipinski definition) is 5. The molecule has 0 aromatic heterocycles. The van der Waals surface area contributed by atoms with Crippen LogP contribution in [-0.4, -0.2) is 29.6 Å². The van der Waals surface area contributed by atoms with Crippen molar-refractivity contribution in [3.8, 4) is 11.5 Å². The zero-order valence-corrected chi connectivity index (χ0v) is 21.1. The van der Waals surface area contributed by atoms with Crippen LogP contribution in [0.1, 0.15) is 23.6 Å². The maximum absolute atomic E-state index is 13.3. The van der Waals surface area contributed by atoms with Crippen LogP contribution in [0, 0.1) is 5.82 Å². The van der Waals surface area contributed by atoms with Gasteiger partial charge in [0.25, 0.3) is 5.91 Å². The minimum atomic E-state index is -0.331. The fourth-order valence-electron chi connectivity index (χ4n) is 3.77. The largest absolute Gasteiger partial charge is 0.493 e. The Bertz CT molecular complexity index is 1300. The average molecular weight is 503 g/mol. The summed E-state index contributed by atoms with van der Waals surface area (Å²) in [5.74, 6) is 0.780. The van der Waals surface area contributed by atoms with E-state index in [9.17, 15) is 9.18 Å². The molecule has 0 atom stereocenters. The molecule has 184 valence electrons. The van der Waals surface area contributed by atoms with Crippen molar-refractivity contribution in [2.24, 2.45) is 4.99 Å². The van der Waals surface area contributed by atoms with Crippen molar-refractivity contribution >= 4 is 34.6 Å². The molecule has 4 rings (SSSR count). The molecule has 0 saturated carbocycles. The summed E-state index contributed by atoms with van der Waals surface area (Å²) in [5.41, 5.74) is 3.36. The molecule has 0 spiro atoms. The number of allylic oxidation sites excluding steroid dienone is 1. The molecule has 1 aliphatic heterocycles. The van der Waals surface area contributed by atoms with Gasteiger partial charge in [-0.3, -0.25) is 9.69 Å². The Hall–Kier alpha value is -3.84. The number of rotatable bonds is 9. The lowest BCUT2D eigenvalue weighted by Gasteiger charge is -2.16. The Labute approximate surface area is 215 Å². The van der Waals surface area contributed by atoms with Gasteiger partial charge in [0.15, 0.2) is 16.7 Å². The molecule has 1 heterocycles. The lowest BCUT2D eigenvalue weighted by molar-refractivity contribution is -0.122. The van der Waals surface area contributed by atoms with Crippen LogP contribution in [-0.2, 0) is 17.8 Å². The quantitative estimate of drug-likeness (QED) is 0.239. The number of hydrogen-bond donors (Lipinski definition) is 0. The van der Waals surface area contributed by atoms with E-state index in [0.29, 0.717) is 46.8 Å². The van der Waals surface area contributed by atoms with Crippen molar-refractivity contribution in [3.63, 3.8) is 0 Å². The molecule has 0 bridgehead atoms. The summed E-state index contributed by atoms with van der Waals surface area (Å²) in [6, 6.07) is 19.6. The molecule has 0 unspecified atom stereocenters. The topological polar surface area (TPSA) is 51.1 Å². The van der Waals surface area contributed by atoms with Crippen LogP contribution in [0.3, 0.4) is 0 Å². The second-order valence-corrected chi connectivity index (χ2v) is 9.02. The number of amidine groups is 1. The van der Waals surface area contributed by atoms with Crippen molar-refractivity contribution < 1.29 is 18.7 Å². The first-order chi connectivity index (χ1) is 17.5. The Kier molecular flexibility index (Phi) is 8.23. The van der Waals surface area contributed by atoms with E-state index in [0.717, 1.165) is 16.7 Å². The minimum absolute atomic E-state index is 0.128. The first kappa shape index (κ1) is 25.3. The fourth-order valence-corrected chi connectivity index (χ4v) is 4.83. The summed E-state index contributed by atoms with van der Waals surface area (Å²) in [6.45, 7) is 6.65. The molecule has 0 aliphatic carbocycles. The van der Waals surface area contributed by atoms with Gasteiger partial charge < -0.3 is 9.47 Å². The summed E-state index contributed by atoms with van der Waals surface area (Å²) in [4.78, 5) is 19.8.